The third-order valence-corrected chi connectivity index (χ3v) is 10.1. The molecular weight excluding hydrogens is 536 g/mol. The molecule has 43 heavy (non-hydrogen) atoms. The molecule has 0 aromatic heterocycles. The van der Waals surface area contributed by atoms with Gasteiger partial charge in [0.15, 0.2) is 0 Å². The lowest BCUT2D eigenvalue weighted by Crippen LogP contribution is -2.67. The molecule has 3 atom stereocenters. The predicted octanol–water partition coefficient (Wildman–Crippen LogP) is 6.54. The van der Waals surface area contributed by atoms with Crippen molar-refractivity contribution in [2.75, 3.05) is 26.2 Å². The number of hydrogen-bond acceptors (Lipinski definition) is 5. The van der Waals surface area contributed by atoms with Gasteiger partial charge in [0.1, 0.15) is 5.75 Å². The highest BCUT2D eigenvalue weighted by molar-refractivity contribution is 5.76. The van der Waals surface area contributed by atoms with E-state index in [1.165, 1.54) is 25.3 Å². The van der Waals surface area contributed by atoms with Crippen molar-refractivity contribution in [1.82, 2.24) is 9.80 Å². The SMILES string of the molecule is CC(=O)Oc1cccc(C23CCN(CC4CC4)CC2(O)CCC(N(CC(C)C)C(=O)CCCCCc2ccccc2)C3)c1. The Hall–Kier alpha value is -2.70. The minimum absolute atomic E-state index is 0.0758. The van der Waals surface area contributed by atoms with Gasteiger partial charge in [0, 0.05) is 44.4 Å². The number of unbranched alkanes of at least 4 members (excludes halogenated alkanes) is 2. The van der Waals surface area contributed by atoms with Gasteiger partial charge in [0.05, 0.1) is 5.60 Å². The number of ether oxygens (including phenoxy) is 1. The van der Waals surface area contributed by atoms with Gasteiger partial charge < -0.3 is 19.6 Å². The first-order valence-electron chi connectivity index (χ1n) is 16.7. The fourth-order valence-electron chi connectivity index (χ4n) is 7.76. The fraction of sp³-hybridized carbons (Fsp3) is 0.622. The lowest BCUT2D eigenvalue weighted by atomic mass is 9.55. The Bertz CT molecular complexity index is 1230. The zero-order valence-corrected chi connectivity index (χ0v) is 26.6. The van der Waals surface area contributed by atoms with E-state index in [-0.39, 0.29) is 17.9 Å². The van der Waals surface area contributed by atoms with Crippen LogP contribution in [0.15, 0.2) is 54.6 Å². The fourth-order valence-corrected chi connectivity index (χ4v) is 7.76. The monoisotopic (exact) mass is 588 g/mol. The van der Waals surface area contributed by atoms with Gasteiger partial charge in [0.25, 0.3) is 0 Å². The highest BCUT2D eigenvalue weighted by Gasteiger charge is 2.58. The van der Waals surface area contributed by atoms with E-state index in [1.54, 1.807) is 0 Å². The molecular formula is C37H52N2O4. The predicted molar refractivity (Wildman–Crippen MR) is 171 cm³/mol. The van der Waals surface area contributed by atoms with Crippen LogP contribution in [0.4, 0.5) is 0 Å². The number of fused-ring (bicyclic) bond motifs is 1. The molecule has 0 radical (unpaired) electrons. The normalized spacial score (nSPS) is 25.7. The summed E-state index contributed by atoms with van der Waals surface area (Å²) in [5, 5.41) is 12.5. The number of rotatable bonds is 13. The molecule has 2 saturated carbocycles. The maximum atomic E-state index is 13.8. The third-order valence-electron chi connectivity index (χ3n) is 10.1. The Morgan fingerprint density at radius 3 is 2.53 bits per heavy atom. The summed E-state index contributed by atoms with van der Waals surface area (Å²) in [6.07, 6.45) is 10.3. The van der Waals surface area contributed by atoms with Crippen LogP contribution in [0.2, 0.25) is 0 Å². The van der Waals surface area contributed by atoms with Crippen molar-refractivity contribution in [3.05, 3.63) is 65.7 Å². The van der Waals surface area contributed by atoms with E-state index in [1.807, 2.05) is 18.2 Å². The van der Waals surface area contributed by atoms with E-state index in [4.69, 9.17) is 4.74 Å². The van der Waals surface area contributed by atoms with Gasteiger partial charge in [-0.2, -0.15) is 0 Å². The minimum Gasteiger partial charge on any atom is -0.427 e. The molecule has 0 spiro atoms. The molecule has 1 aliphatic heterocycles. The van der Waals surface area contributed by atoms with Gasteiger partial charge in [0.2, 0.25) is 5.91 Å². The second-order valence-corrected chi connectivity index (χ2v) is 14.0. The van der Waals surface area contributed by atoms with Crippen molar-refractivity contribution < 1.29 is 19.4 Å². The lowest BCUT2D eigenvalue weighted by molar-refractivity contribution is -0.150. The van der Waals surface area contributed by atoms with Crippen LogP contribution in [0.3, 0.4) is 0 Å². The van der Waals surface area contributed by atoms with Crippen molar-refractivity contribution in [2.24, 2.45) is 11.8 Å². The van der Waals surface area contributed by atoms with Crippen molar-refractivity contribution in [1.29, 1.82) is 0 Å². The average molecular weight is 589 g/mol. The number of aryl methyl sites for hydroxylation is 1. The summed E-state index contributed by atoms with van der Waals surface area (Å²) in [5.74, 6) is 1.56. The van der Waals surface area contributed by atoms with Gasteiger partial charge in [-0.1, -0.05) is 62.7 Å². The molecule has 6 heteroatoms. The van der Waals surface area contributed by atoms with E-state index in [0.717, 1.165) is 76.1 Å². The number of hydrogen-bond donors (Lipinski definition) is 1. The van der Waals surface area contributed by atoms with Crippen LogP contribution in [0, 0.1) is 11.8 Å². The zero-order valence-electron chi connectivity index (χ0n) is 26.6. The molecule has 1 heterocycles. The first kappa shape index (κ1) is 31.7. The number of likely N-dealkylation sites (tertiary alicyclic amines) is 1. The van der Waals surface area contributed by atoms with Gasteiger partial charge >= 0.3 is 5.97 Å². The standard InChI is InChI=1S/C37H52N2O4/c1-28(2)25-39(35(41)16-9-5-8-13-30-11-6-4-7-12-30)33-19-20-37(42)27-38(26-31-17-18-31)22-21-36(37,24-33)32-14-10-15-34(23-32)43-29(3)40/h4,6-7,10-12,14-15,23,28,31,33,42H,5,8-9,13,16-22,24-27H2,1-3H3. The van der Waals surface area contributed by atoms with Gasteiger partial charge in [-0.25, -0.2) is 0 Å². The quantitative estimate of drug-likeness (QED) is 0.164. The number of β-amino-alcohol motifs (C(OH)–C–C–N with tert-alkyl or cyclic N) is 1. The van der Waals surface area contributed by atoms with E-state index in [2.05, 4.69) is 60.0 Å². The molecule has 2 aromatic rings. The number of esters is 1. The topological polar surface area (TPSA) is 70.1 Å². The van der Waals surface area contributed by atoms with Crippen LogP contribution in [0.1, 0.15) is 96.1 Å². The van der Waals surface area contributed by atoms with Gasteiger partial charge in [-0.05, 0) is 99.4 Å². The maximum Gasteiger partial charge on any atom is 0.308 e. The van der Waals surface area contributed by atoms with Crippen LogP contribution in [0.25, 0.3) is 0 Å². The van der Waals surface area contributed by atoms with Crippen LogP contribution < -0.4 is 4.74 Å². The molecule has 2 aliphatic carbocycles. The summed E-state index contributed by atoms with van der Waals surface area (Å²) >= 11 is 0. The number of amides is 1. The Kier molecular flexibility index (Phi) is 10.3. The molecule has 5 rings (SSSR count). The molecule has 6 nitrogen and oxygen atoms in total. The first-order chi connectivity index (χ1) is 20.7. The Labute approximate surface area is 258 Å². The molecule has 1 saturated heterocycles. The number of benzene rings is 2. The summed E-state index contributed by atoms with van der Waals surface area (Å²) in [7, 11) is 0. The van der Waals surface area contributed by atoms with Crippen molar-refractivity contribution >= 4 is 11.9 Å². The second-order valence-electron chi connectivity index (χ2n) is 14.0. The van der Waals surface area contributed by atoms with Crippen LogP contribution in [-0.2, 0) is 21.4 Å². The molecule has 3 fully saturated rings. The summed E-state index contributed by atoms with van der Waals surface area (Å²) in [5.41, 5.74) is 0.992. The summed E-state index contributed by atoms with van der Waals surface area (Å²) in [6, 6.07) is 18.5. The number of piperidine rings is 1. The van der Waals surface area contributed by atoms with Crippen molar-refractivity contribution in [3.63, 3.8) is 0 Å². The number of aliphatic hydroxyl groups is 1. The van der Waals surface area contributed by atoms with Crippen LogP contribution in [-0.4, -0.2) is 64.6 Å². The smallest absolute Gasteiger partial charge is 0.308 e. The first-order valence-corrected chi connectivity index (χ1v) is 16.7. The molecule has 1 amide bonds. The highest BCUT2D eigenvalue weighted by atomic mass is 16.5. The third kappa shape index (κ3) is 7.88. The number of carbonyl (C=O) groups is 2. The van der Waals surface area contributed by atoms with Crippen molar-refractivity contribution in [3.8, 4) is 5.75 Å². The Morgan fingerprint density at radius 1 is 1.02 bits per heavy atom. The maximum absolute atomic E-state index is 13.8. The molecule has 3 aliphatic rings. The lowest BCUT2D eigenvalue weighted by Gasteiger charge is -2.59. The summed E-state index contributed by atoms with van der Waals surface area (Å²) in [6.45, 7) is 9.20. The molecule has 0 bridgehead atoms. The Balaban J connectivity index is 1.33. The van der Waals surface area contributed by atoms with Crippen LogP contribution >= 0.6 is 0 Å². The van der Waals surface area contributed by atoms with E-state index in [9.17, 15) is 14.7 Å². The van der Waals surface area contributed by atoms with Gasteiger partial charge in [-0.15, -0.1) is 0 Å². The molecule has 1 N–H and O–H groups in total. The summed E-state index contributed by atoms with van der Waals surface area (Å²) in [4.78, 5) is 30.3. The number of nitrogens with zero attached hydrogens (tertiary/aromatic N) is 2. The summed E-state index contributed by atoms with van der Waals surface area (Å²) < 4.78 is 5.50. The molecule has 234 valence electrons. The second kappa shape index (κ2) is 13.9. The van der Waals surface area contributed by atoms with Crippen molar-refractivity contribution in [2.45, 2.75) is 108 Å². The van der Waals surface area contributed by atoms with Crippen LogP contribution in [0.5, 0.6) is 5.75 Å². The van der Waals surface area contributed by atoms with E-state index < -0.39 is 11.0 Å². The number of carbonyl (C=O) groups excluding carboxylic acids is 2. The molecule has 3 unspecified atom stereocenters. The molecule has 2 aromatic carbocycles. The largest absolute Gasteiger partial charge is 0.427 e. The Morgan fingerprint density at radius 2 is 1.81 bits per heavy atom. The van der Waals surface area contributed by atoms with Gasteiger partial charge in [-0.3, -0.25) is 9.59 Å². The van der Waals surface area contributed by atoms with E-state index in [0.29, 0.717) is 31.1 Å². The average Bonchev–Trinajstić information content (AvgIpc) is 3.79. The zero-order chi connectivity index (χ0) is 30.5. The minimum atomic E-state index is -0.893. The highest BCUT2D eigenvalue weighted by Crippen LogP contribution is 2.53. The van der Waals surface area contributed by atoms with E-state index >= 15 is 0 Å².